The van der Waals surface area contributed by atoms with Crippen LogP contribution in [0.3, 0.4) is 0 Å². The van der Waals surface area contributed by atoms with Crippen molar-refractivity contribution in [1.29, 1.82) is 0 Å². The Morgan fingerprint density at radius 2 is 1.64 bits per heavy atom. The minimum atomic E-state index is -0.982. The lowest BCUT2D eigenvalue weighted by atomic mass is 9.78. The second kappa shape index (κ2) is 9.13. The highest BCUT2D eigenvalue weighted by atomic mass is 127. The standard InChI is InChI=1S/C19H33IO5/c1-10-7-11(2)18(23)25-17(20)14(5)16(22)13(4)15(21)12(3)9-19(6,24)8-10/h10-14,16-17,22,24H,7-9H2,1-6H3/t10-,11?,12+,13?,14+,16?,17?,19-/m0/s1. The number of carbonyl (C=O) groups is 2. The van der Waals surface area contributed by atoms with E-state index in [1.165, 1.54) is 0 Å². The zero-order chi connectivity index (χ0) is 19.5. The number of carbonyl (C=O) groups excluding carboxylic acids is 2. The van der Waals surface area contributed by atoms with Gasteiger partial charge in [-0.25, -0.2) is 0 Å². The van der Waals surface area contributed by atoms with Gasteiger partial charge in [0.15, 0.2) is 4.11 Å². The summed E-state index contributed by atoms with van der Waals surface area (Å²) in [6, 6.07) is 0. The number of aliphatic hydroxyl groups is 2. The minimum absolute atomic E-state index is 0.0624. The Labute approximate surface area is 165 Å². The lowest BCUT2D eigenvalue weighted by Gasteiger charge is -2.34. The number of alkyl halides is 1. The number of aliphatic hydroxyl groups excluding tert-OH is 1. The van der Waals surface area contributed by atoms with E-state index in [9.17, 15) is 19.8 Å². The molecule has 0 aromatic rings. The Kier molecular flexibility index (Phi) is 8.34. The average Bonchev–Trinajstić information content (AvgIpc) is 2.49. The fraction of sp³-hybridized carbons (Fsp3) is 0.895. The van der Waals surface area contributed by atoms with Crippen LogP contribution in [0.4, 0.5) is 0 Å². The molecule has 0 radical (unpaired) electrons. The maximum Gasteiger partial charge on any atom is 0.309 e. The van der Waals surface area contributed by atoms with Crippen LogP contribution in [-0.2, 0) is 14.3 Å². The van der Waals surface area contributed by atoms with E-state index in [4.69, 9.17) is 4.74 Å². The molecule has 0 amide bonds. The lowest BCUT2D eigenvalue weighted by Crippen LogP contribution is -2.41. The predicted molar refractivity (Wildman–Crippen MR) is 105 cm³/mol. The Bertz CT molecular complexity index is 478. The van der Waals surface area contributed by atoms with Crippen molar-refractivity contribution < 1.29 is 24.5 Å². The SMILES string of the molecule is CC1C[C@H](C)C[C@](C)(O)C[C@@H](C)C(=O)C(C)C(O)[C@@H](C)C(I)OC1=O. The second-order valence-electron chi connectivity index (χ2n) is 8.38. The van der Waals surface area contributed by atoms with Gasteiger partial charge in [0.1, 0.15) is 5.78 Å². The van der Waals surface area contributed by atoms with Gasteiger partial charge in [0.05, 0.1) is 17.6 Å². The molecule has 0 spiro atoms. The van der Waals surface area contributed by atoms with Crippen molar-refractivity contribution in [3.8, 4) is 0 Å². The fourth-order valence-electron chi connectivity index (χ4n) is 3.94. The number of esters is 1. The van der Waals surface area contributed by atoms with Crippen LogP contribution in [0, 0.1) is 29.6 Å². The number of hydrogen-bond acceptors (Lipinski definition) is 5. The second-order valence-corrected chi connectivity index (χ2v) is 9.60. The fourth-order valence-corrected chi connectivity index (χ4v) is 4.62. The first-order chi connectivity index (χ1) is 11.4. The molecule has 8 atom stereocenters. The Balaban J connectivity index is 3.09. The average molecular weight is 468 g/mol. The van der Waals surface area contributed by atoms with Gasteiger partial charge in [-0.3, -0.25) is 9.59 Å². The van der Waals surface area contributed by atoms with Crippen molar-refractivity contribution in [2.75, 3.05) is 0 Å². The first-order valence-corrected chi connectivity index (χ1v) is 10.4. The summed E-state index contributed by atoms with van der Waals surface area (Å²) in [4.78, 5) is 25.0. The molecule has 1 saturated heterocycles. The van der Waals surface area contributed by atoms with Crippen LogP contribution in [0.2, 0.25) is 0 Å². The summed E-state index contributed by atoms with van der Waals surface area (Å²) in [5.74, 6) is -1.77. The number of ketones is 1. The third kappa shape index (κ3) is 6.47. The summed E-state index contributed by atoms with van der Waals surface area (Å²) < 4.78 is 5.02. The highest BCUT2D eigenvalue weighted by Gasteiger charge is 2.37. The first kappa shape index (κ1) is 22.8. The van der Waals surface area contributed by atoms with Gasteiger partial charge in [0, 0.05) is 17.8 Å². The molecule has 0 aromatic carbocycles. The Morgan fingerprint density at radius 3 is 2.20 bits per heavy atom. The van der Waals surface area contributed by atoms with Gasteiger partial charge in [0.25, 0.3) is 0 Å². The number of halogens is 1. The molecule has 1 aliphatic rings. The molecule has 25 heavy (non-hydrogen) atoms. The molecule has 6 heteroatoms. The van der Waals surface area contributed by atoms with Gasteiger partial charge in [-0.05, 0) is 54.7 Å². The van der Waals surface area contributed by atoms with Crippen molar-refractivity contribution in [2.45, 2.75) is 76.6 Å². The third-order valence-electron chi connectivity index (χ3n) is 5.32. The van der Waals surface area contributed by atoms with Crippen molar-refractivity contribution in [1.82, 2.24) is 0 Å². The van der Waals surface area contributed by atoms with E-state index >= 15 is 0 Å². The van der Waals surface area contributed by atoms with Gasteiger partial charge in [-0.1, -0.05) is 34.6 Å². The summed E-state index contributed by atoms with van der Waals surface area (Å²) in [6.45, 7) is 10.9. The monoisotopic (exact) mass is 468 g/mol. The van der Waals surface area contributed by atoms with E-state index in [-0.39, 0.29) is 35.4 Å². The molecular weight excluding hydrogens is 435 g/mol. The van der Waals surface area contributed by atoms with Gasteiger partial charge in [-0.2, -0.15) is 0 Å². The zero-order valence-electron chi connectivity index (χ0n) is 16.2. The van der Waals surface area contributed by atoms with Crippen LogP contribution in [0.5, 0.6) is 0 Å². The van der Waals surface area contributed by atoms with Gasteiger partial charge in [-0.15, -0.1) is 0 Å². The van der Waals surface area contributed by atoms with E-state index in [1.807, 2.05) is 43.4 Å². The van der Waals surface area contributed by atoms with E-state index in [2.05, 4.69) is 0 Å². The molecule has 0 bridgehead atoms. The minimum Gasteiger partial charge on any atom is -0.451 e. The zero-order valence-corrected chi connectivity index (χ0v) is 18.3. The summed E-state index contributed by atoms with van der Waals surface area (Å²) in [6.07, 6.45) is 0.595. The molecule has 0 aromatic heterocycles. The van der Waals surface area contributed by atoms with Crippen LogP contribution >= 0.6 is 22.6 Å². The van der Waals surface area contributed by atoms with Gasteiger partial charge in [0.2, 0.25) is 0 Å². The highest BCUT2D eigenvalue weighted by Crippen LogP contribution is 2.32. The van der Waals surface area contributed by atoms with Gasteiger partial charge < -0.3 is 14.9 Å². The molecule has 2 N–H and O–H groups in total. The Hall–Kier alpha value is -0.210. The third-order valence-corrected chi connectivity index (χ3v) is 6.71. The maximum absolute atomic E-state index is 12.7. The van der Waals surface area contributed by atoms with Crippen LogP contribution in [0.15, 0.2) is 0 Å². The van der Waals surface area contributed by atoms with E-state index in [0.717, 1.165) is 0 Å². The van der Waals surface area contributed by atoms with Crippen molar-refractivity contribution in [3.05, 3.63) is 0 Å². The Morgan fingerprint density at radius 1 is 1.08 bits per heavy atom. The molecule has 1 aliphatic heterocycles. The van der Waals surface area contributed by atoms with Crippen molar-refractivity contribution in [3.63, 3.8) is 0 Å². The molecule has 1 heterocycles. The summed E-state index contributed by atoms with van der Waals surface area (Å²) >= 11 is 2.01. The quantitative estimate of drug-likeness (QED) is 0.324. The highest BCUT2D eigenvalue weighted by molar-refractivity contribution is 14.1. The van der Waals surface area contributed by atoms with Crippen LogP contribution in [-0.4, -0.2) is 37.8 Å². The number of hydrogen-bond donors (Lipinski definition) is 2. The first-order valence-electron chi connectivity index (χ1n) is 9.14. The topological polar surface area (TPSA) is 83.8 Å². The molecule has 5 nitrogen and oxygen atoms in total. The molecule has 1 fully saturated rings. The summed E-state index contributed by atoms with van der Waals surface area (Å²) in [7, 11) is 0. The molecule has 1 rings (SSSR count). The molecular formula is C19H33IO5. The molecule has 146 valence electrons. The number of rotatable bonds is 0. The van der Waals surface area contributed by atoms with Crippen LogP contribution < -0.4 is 0 Å². The number of ether oxygens (including phenoxy) is 1. The van der Waals surface area contributed by atoms with E-state index in [0.29, 0.717) is 19.3 Å². The normalized spacial score (nSPS) is 45.6. The van der Waals surface area contributed by atoms with Crippen LogP contribution in [0.1, 0.15) is 60.8 Å². The van der Waals surface area contributed by atoms with Crippen molar-refractivity contribution >= 4 is 34.3 Å². The maximum atomic E-state index is 12.7. The lowest BCUT2D eigenvalue weighted by molar-refractivity contribution is -0.153. The number of cyclic esters (lactones) is 1. The van der Waals surface area contributed by atoms with Gasteiger partial charge >= 0.3 is 5.97 Å². The van der Waals surface area contributed by atoms with E-state index in [1.54, 1.807) is 20.8 Å². The number of Topliss-reactive ketones (excluding diaryl/α,β-unsaturated/α-hetero) is 1. The molecule has 4 unspecified atom stereocenters. The smallest absolute Gasteiger partial charge is 0.309 e. The largest absolute Gasteiger partial charge is 0.451 e. The van der Waals surface area contributed by atoms with Crippen LogP contribution in [0.25, 0.3) is 0 Å². The molecule has 0 saturated carbocycles. The summed E-state index contributed by atoms with van der Waals surface area (Å²) in [5, 5.41) is 21.3. The van der Waals surface area contributed by atoms with Crippen molar-refractivity contribution in [2.24, 2.45) is 29.6 Å². The van der Waals surface area contributed by atoms with E-state index < -0.39 is 21.7 Å². The molecule has 0 aliphatic carbocycles. The summed E-state index contributed by atoms with van der Waals surface area (Å²) in [5.41, 5.74) is -0.982. The predicted octanol–water partition coefficient (Wildman–Crippen LogP) is 3.34.